The number of anilines is 1. The molecule has 3 heterocycles. The van der Waals surface area contributed by atoms with Crippen LogP contribution < -0.4 is 10.6 Å². The maximum absolute atomic E-state index is 12.4. The van der Waals surface area contributed by atoms with Crippen LogP contribution in [0.4, 0.5) is 5.82 Å². The lowest BCUT2D eigenvalue weighted by Gasteiger charge is -2.34. The minimum atomic E-state index is -0.0901. The van der Waals surface area contributed by atoms with Gasteiger partial charge in [0.15, 0.2) is 0 Å². The molecule has 2 N–H and O–H groups in total. The van der Waals surface area contributed by atoms with Gasteiger partial charge in [-0.3, -0.25) is 9.69 Å². The molecule has 7 heteroatoms. The van der Waals surface area contributed by atoms with E-state index in [0.717, 1.165) is 26.3 Å². The van der Waals surface area contributed by atoms with Gasteiger partial charge >= 0.3 is 0 Å². The molecule has 120 valence electrons. The van der Waals surface area contributed by atoms with Gasteiger partial charge < -0.3 is 20.1 Å². The molecule has 3 rings (SSSR count). The average molecular weight is 306 g/mol. The Balaban J connectivity index is 1.64. The molecule has 7 nitrogen and oxygen atoms in total. The van der Waals surface area contributed by atoms with E-state index in [4.69, 9.17) is 9.47 Å². The molecule has 1 amide bonds. The Bertz CT molecular complexity index is 519. The van der Waals surface area contributed by atoms with E-state index < -0.39 is 0 Å². The number of aromatic nitrogens is 1. The molecule has 0 aliphatic carbocycles. The first kappa shape index (κ1) is 15.2. The minimum Gasteiger partial charge on any atom is -0.379 e. The van der Waals surface area contributed by atoms with Crippen LogP contribution in [0.25, 0.3) is 0 Å². The van der Waals surface area contributed by atoms with E-state index in [1.807, 2.05) is 0 Å². The molecular formula is C15H22N4O3. The van der Waals surface area contributed by atoms with Gasteiger partial charge in [-0.05, 0) is 12.1 Å². The van der Waals surface area contributed by atoms with Crippen LogP contribution in [0.3, 0.4) is 0 Å². The van der Waals surface area contributed by atoms with Crippen LogP contribution in [0, 0.1) is 0 Å². The summed E-state index contributed by atoms with van der Waals surface area (Å²) in [5.74, 6) is 0.590. The number of carbonyl (C=O) groups excluding carboxylic acids is 1. The molecule has 0 aromatic carbocycles. The summed E-state index contributed by atoms with van der Waals surface area (Å²) in [6.07, 6.45) is 1.63. The zero-order valence-electron chi connectivity index (χ0n) is 12.7. The van der Waals surface area contributed by atoms with Crippen molar-refractivity contribution in [1.82, 2.24) is 15.2 Å². The van der Waals surface area contributed by atoms with E-state index in [1.165, 1.54) is 0 Å². The lowest BCUT2D eigenvalue weighted by atomic mass is 10.1. The molecule has 0 unspecified atom stereocenters. The second-order valence-electron chi connectivity index (χ2n) is 5.51. The lowest BCUT2D eigenvalue weighted by Crippen LogP contribution is -2.54. The van der Waals surface area contributed by atoms with Crippen molar-refractivity contribution in [2.24, 2.45) is 0 Å². The van der Waals surface area contributed by atoms with Crippen molar-refractivity contribution in [2.75, 3.05) is 51.9 Å². The molecular weight excluding hydrogens is 284 g/mol. The normalized spacial score (nSPS) is 25.9. The molecule has 2 atom stereocenters. The van der Waals surface area contributed by atoms with E-state index >= 15 is 0 Å². The third-order valence-electron chi connectivity index (χ3n) is 4.16. The second-order valence-corrected chi connectivity index (χ2v) is 5.51. The van der Waals surface area contributed by atoms with E-state index in [2.05, 4.69) is 20.5 Å². The first-order valence-corrected chi connectivity index (χ1v) is 7.62. The predicted octanol–water partition coefficient (Wildman–Crippen LogP) is -0.0473. The highest BCUT2D eigenvalue weighted by molar-refractivity contribution is 5.95. The summed E-state index contributed by atoms with van der Waals surface area (Å²) in [6.45, 7) is 4.47. The van der Waals surface area contributed by atoms with Gasteiger partial charge in [0, 0.05) is 31.9 Å². The summed E-state index contributed by atoms with van der Waals surface area (Å²) >= 11 is 0. The van der Waals surface area contributed by atoms with Gasteiger partial charge in [-0.25, -0.2) is 4.98 Å². The Morgan fingerprint density at radius 2 is 2.14 bits per heavy atom. The van der Waals surface area contributed by atoms with Crippen LogP contribution in [-0.2, 0) is 9.47 Å². The Morgan fingerprint density at radius 1 is 1.32 bits per heavy atom. The molecule has 0 radical (unpaired) electrons. The molecule has 0 spiro atoms. The summed E-state index contributed by atoms with van der Waals surface area (Å²) in [6, 6.07) is 3.69. The van der Waals surface area contributed by atoms with Gasteiger partial charge in [-0.1, -0.05) is 0 Å². The van der Waals surface area contributed by atoms with Gasteiger partial charge in [0.05, 0.1) is 38.5 Å². The quantitative estimate of drug-likeness (QED) is 0.812. The van der Waals surface area contributed by atoms with Gasteiger partial charge in [-0.15, -0.1) is 0 Å². The molecule has 1 aromatic rings. The monoisotopic (exact) mass is 306 g/mol. The zero-order valence-corrected chi connectivity index (χ0v) is 12.7. The highest BCUT2D eigenvalue weighted by Crippen LogP contribution is 2.16. The van der Waals surface area contributed by atoms with Crippen molar-refractivity contribution >= 4 is 11.7 Å². The van der Waals surface area contributed by atoms with Gasteiger partial charge in [0.25, 0.3) is 5.91 Å². The summed E-state index contributed by atoms with van der Waals surface area (Å²) in [5, 5.41) is 6.03. The highest BCUT2D eigenvalue weighted by Gasteiger charge is 2.34. The van der Waals surface area contributed by atoms with Crippen molar-refractivity contribution < 1.29 is 14.3 Å². The highest BCUT2D eigenvalue weighted by atomic mass is 16.5. The largest absolute Gasteiger partial charge is 0.379 e. The fourth-order valence-corrected chi connectivity index (χ4v) is 2.91. The predicted molar refractivity (Wildman–Crippen MR) is 82.0 cm³/mol. The van der Waals surface area contributed by atoms with Crippen molar-refractivity contribution in [1.29, 1.82) is 0 Å². The molecule has 2 aliphatic heterocycles. The molecule has 22 heavy (non-hydrogen) atoms. The molecule has 2 saturated heterocycles. The Labute approximate surface area is 130 Å². The van der Waals surface area contributed by atoms with Crippen molar-refractivity contribution in [3.05, 3.63) is 23.9 Å². The third-order valence-corrected chi connectivity index (χ3v) is 4.16. The Hall–Kier alpha value is -1.70. The van der Waals surface area contributed by atoms with Crippen molar-refractivity contribution in [3.63, 3.8) is 0 Å². The molecule has 2 fully saturated rings. The number of hydrogen-bond donors (Lipinski definition) is 2. The number of carbonyl (C=O) groups is 1. The van der Waals surface area contributed by atoms with Crippen LogP contribution in [0.2, 0.25) is 0 Å². The molecule has 2 aliphatic rings. The number of hydrogen-bond acceptors (Lipinski definition) is 6. The van der Waals surface area contributed by atoms with Crippen LogP contribution >= 0.6 is 0 Å². The topological polar surface area (TPSA) is 75.7 Å². The van der Waals surface area contributed by atoms with E-state index in [1.54, 1.807) is 25.4 Å². The fraction of sp³-hybridized carbons (Fsp3) is 0.600. The smallest absolute Gasteiger partial charge is 0.251 e. The van der Waals surface area contributed by atoms with Crippen molar-refractivity contribution in [3.8, 4) is 0 Å². The number of rotatable bonds is 4. The number of pyridine rings is 1. The average Bonchev–Trinajstić information content (AvgIpc) is 3.04. The van der Waals surface area contributed by atoms with Gasteiger partial charge in [-0.2, -0.15) is 0 Å². The number of amides is 1. The molecule has 0 saturated carbocycles. The first-order chi connectivity index (χ1) is 10.8. The number of morpholine rings is 1. The number of ether oxygens (including phenoxy) is 2. The minimum absolute atomic E-state index is 0.0109. The molecule has 1 aromatic heterocycles. The van der Waals surface area contributed by atoms with Gasteiger partial charge in [0.1, 0.15) is 5.82 Å². The third kappa shape index (κ3) is 3.37. The van der Waals surface area contributed by atoms with Crippen LogP contribution in [0.5, 0.6) is 0 Å². The zero-order chi connectivity index (χ0) is 15.4. The van der Waals surface area contributed by atoms with E-state index in [0.29, 0.717) is 24.6 Å². The van der Waals surface area contributed by atoms with Gasteiger partial charge in [0.2, 0.25) is 0 Å². The summed E-state index contributed by atoms with van der Waals surface area (Å²) in [7, 11) is 1.78. The molecule has 0 bridgehead atoms. The standard InChI is InChI=1S/C15H22N4O3/c1-16-14-8-11(2-3-17-14)15(20)18-12-9-22-10-13(12)19-4-6-21-7-5-19/h2-3,8,12-13H,4-7,9-10H2,1H3,(H,16,17)(H,18,20)/t12-,13-/m0/s1. The van der Waals surface area contributed by atoms with Crippen LogP contribution in [0.15, 0.2) is 18.3 Å². The summed E-state index contributed by atoms with van der Waals surface area (Å²) in [5.41, 5.74) is 0.604. The number of nitrogens with zero attached hydrogens (tertiary/aromatic N) is 2. The summed E-state index contributed by atoms with van der Waals surface area (Å²) < 4.78 is 11.0. The van der Waals surface area contributed by atoms with Crippen LogP contribution in [0.1, 0.15) is 10.4 Å². The number of nitrogens with one attached hydrogen (secondary N) is 2. The summed E-state index contributed by atoms with van der Waals surface area (Å²) in [4.78, 5) is 18.9. The SMILES string of the molecule is CNc1cc(C(=O)N[C@H]2COC[C@@H]2N2CCOCC2)ccn1. The lowest BCUT2D eigenvalue weighted by molar-refractivity contribution is 0.0108. The fourth-order valence-electron chi connectivity index (χ4n) is 2.91. The Morgan fingerprint density at radius 3 is 2.91 bits per heavy atom. The van der Waals surface area contributed by atoms with Crippen LogP contribution in [-0.4, -0.2) is 74.4 Å². The van der Waals surface area contributed by atoms with Crippen molar-refractivity contribution in [2.45, 2.75) is 12.1 Å². The Kier molecular flexibility index (Phi) is 4.87. The second kappa shape index (κ2) is 7.04. The van der Waals surface area contributed by atoms with E-state index in [9.17, 15) is 4.79 Å². The maximum Gasteiger partial charge on any atom is 0.251 e. The maximum atomic E-state index is 12.4. The van der Waals surface area contributed by atoms with E-state index in [-0.39, 0.29) is 18.0 Å². The first-order valence-electron chi connectivity index (χ1n) is 7.62.